The molecule has 6 aliphatic heterocycles. The van der Waals surface area contributed by atoms with Crippen LogP contribution in [0.5, 0.6) is 0 Å². The van der Waals surface area contributed by atoms with Gasteiger partial charge in [0.15, 0.2) is 49.9 Å². The summed E-state index contributed by atoms with van der Waals surface area (Å²) in [6.45, 7) is 14.6. The number of carbonyl (C=O) groups is 4. The number of aliphatic hydroxyl groups excluding tert-OH is 15. The number of hydrogen-bond donors (Lipinski definition) is 15. The van der Waals surface area contributed by atoms with Gasteiger partial charge in [0.1, 0.15) is 116 Å². The highest BCUT2D eigenvalue weighted by molar-refractivity contribution is 5.76. The van der Waals surface area contributed by atoms with Gasteiger partial charge in [-0.3, -0.25) is 19.2 Å². The van der Waals surface area contributed by atoms with Crippen LogP contribution in [0.2, 0.25) is 0 Å². The molecule has 6 rings (SSSR count). The van der Waals surface area contributed by atoms with E-state index in [1.165, 1.54) is 69.4 Å². The molecule has 588 valence electrons. The maximum absolute atomic E-state index is 13.9. The highest BCUT2D eigenvalue weighted by Gasteiger charge is 2.59. The normalized spacial score (nSPS) is 41.4. The van der Waals surface area contributed by atoms with E-state index >= 15 is 0 Å². The Morgan fingerprint density at radius 2 is 0.911 bits per heavy atom. The molecule has 35 heteroatoms. The van der Waals surface area contributed by atoms with Crippen molar-refractivity contribution < 1.29 is 172 Å². The van der Waals surface area contributed by atoms with E-state index in [4.69, 9.17) is 71.1 Å². The lowest BCUT2D eigenvalue weighted by Crippen LogP contribution is -2.68. The molecule has 0 radical (unpaired) electrons. The van der Waals surface area contributed by atoms with Crippen molar-refractivity contribution in [2.24, 2.45) is 17.8 Å². The number of unbranched alkanes of at least 4 members (excludes halogenated alkanes) is 4. The molecule has 0 aliphatic carbocycles. The molecule has 6 fully saturated rings. The van der Waals surface area contributed by atoms with Crippen molar-refractivity contribution in [2.75, 3.05) is 20.3 Å². The van der Waals surface area contributed by atoms with E-state index in [0.29, 0.717) is 44.9 Å². The first-order valence-electron chi connectivity index (χ1n) is 35.2. The second-order valence-corrected chi connectivity index (χ2v) is 27.6. The van der Waals surface area contributed by atoms with Crippen LogP contribution < -0.4 is 0 Å². The van der Waals surface area contributed by atoms with Crippen LogP contribution in [0.25, 0.3) is 0 Å². The molecule has 101 heavy (non-hydrogen) atoms. The van der Waals surface area contributed by atoms with Crippen molar-refractivity contribution in [3.05, 3.63) is 0 Å². The minimum absolute atomic E-state index is 0.123. The average Bonchev–Trinajstić information content (AvgIpc) is 0.772. The van der Waals surface area contributed by atoms with Crippen LogP contribution in [0.4, 0.5) is 0 Å². The number of carbonyl (C=O) groups excluding carboxylic acids is 4. The third-order valence-corrected chi connectivity index (χ3v) is 19.8. The minimum Gasteiger partial charge on any atom is -0.469 e. The molecule has 35 nitrogen and oxygen atoms in total. The van der Waals surface area contributed by atoms with E-state index in [1.807, 2.05) is 6.92 Å². The number of hydrogen-bond acceptors (Lipinski definition) is 35. The summed E-state index contributed by atoms with van der Waals surface area (Å²) in [5.74, 6) is -6.24. The second-order valence-electron chi connectivity index (χ2n) is 27.6. The maximum Gasteiger partial charge on any atom is 0.312 e. The topological polar surface area (TPSA) is 519 Å². The lowest BCUT2D eigenvalue weighted by Gasteiger charge is -2.50. The van der Waals surface area contributed by atoms with Crippen molar-refractivity contribution in [1.29, 1.82) is 0 Å². The molecule has 37 atom stereocenters. The van der Waals surface area contributed by atoms with Gasteiger partial charge >= 0.3 is 23.9 Å². The molecule has 0 aromatic heterocycles. The summed E-state index contributed by atoms with van der Waals surface area (Å²) < 4.78 is 95.8. The highest BCUT2D eigenvalue weighted by Crippen LogP contribution is 2.39. The highest BCUT2D eigenvalue weighted by atomic mass is 16.8. The smallest absolute Gasteiger partial charge is 0.312 e. The Bertz CT molecular complexity index is 2490. The average molecular weight is 1470 g/mol. The fraction of sp³-hybridized carbons (Fsp3) is 0.939. The number of ether oxygens (including phenoxy) is 16. The Balaban J connectivity index is 1.27. The van der Waals surface area contributed by atoms with Gasteiger partial charge in [-0.25, -0.2) is 0 Å². The first kappa shape index (κ1) is 86.7. The van der Waals surface area contributed by atoms with E-state index in [0.717, 1.165) is 12.8 Å². The monoisotopic (exact) mass is 1470 g/mol. The Morgan fingerprint density at radius 1 is 0.436 bits per heavy atom. The summed E-state index contributed by atoms with van der Waals surface area (Å²) in [5.41, 5.74) is 0. The predicted molar refractivity (Wildman–Crippen MR) is 339 cm³/mol. The first-order chi connectivity index (χ1) is 47.6. The van der Waals surface area contributed by atoms with Crippen LogP contribution in [-0.4, -0.2) is 329 Å². The lowest BCUT2D eigenvalue weighted by molar-refractivity contribution is -0.403. The Morgan fingerprint density at radius 3 is 1.49 bits per heavy atom. The van der Waals surface area contributed by atoms with Gasteiger partial charge in [-0.2, -0.15) is 0 Å². The van der Waals surface area contributed by atoms with E-state index in [1.54, 1.807) is 6.92 Å². The molecule has 0 bridgehead atoms. The van der Waals surface area contributed by atoms with Crippen LogP contribution in [0.1, 0.15) is 147 Å². The molecule has 15 N–H and O–H groups in total. The summed E-state index contributed by atoms with van der Waals surface area (Å²) in [5, 5.41) is 167. The zero-order valence-electron chi connectivity index (χ0n) is 59.4. The fourth-order valence-electron chi connectivity index (χ4n) is 12.4. The molecule has 0 unspecified atom stereocenters. The fourth-order valence-corrected chi connectivity index (χ4v) is 12.4. The Labute approximate surface area is 587 Å². The predicted octanol–water partition coefficient (Wildman–Crippen LogP) is -3.41. The van der Waals surface area contributed by atoms with Crippen LogP contribution >= 0.6 is 0 Å². The summed E-state index contributed by atoms with van der Waals surface area (Å²) in [6.07, 6.45) is -51.1. The number of methoxy groups -OCH3 is 1. The van der Waals surface area contributed by atoms with Crippen LogP contribution in [0.15, 0.2) is 0 Å². The van der Waals surface area contributed by atoms with Crippen molar-refractivity contribution in [3.63, 3.8) is 0 Å². The van der Waals surface area contributed by atoms with Crippen molar-refractivity contribution in [1.82, 2.24) is 0 Å². The quantitative estimate of drug-likeness (QED) is 0.0167. The van der Waals surface area contributed by atoms with Crippen molar-refractivity contribution in [2.45, 2.75) is 355 Å². The summed E-state index contributed by atoms with van der Waals surface area (Å²) >= 11 is 0. The molecule has 0 amide bonds. The van der Waals surface area contributed by atoms with Gasteiger partial charge in [0.25, 0.3) is 0 Å². The third-order valence-electron chi connectivity index (χ3n) is 19.8. The molecule has 6 saturated heterocycles. The molecule has 0 aromatic carbocycles. The molecule has 0 aromatic rings. The molecule has 6 aliphatic rings. The van der Waals surface area contributed by atoms with Crippen molar-refractivity contribution in [3.8, 4) is 0 Å². The molecule has 6 heterocycles. The summed E-state index contributed by atoms with van der Waals surface area (Å²) in [6, 6.07) is 0. The standard InChI is InChI=1S/C66H114O35/c1-13-20-36(22-19-17-15-16-18-21-35(69)23-39(70)86-12)93-65-56(47(78)43(74)38(95-65)25-87-61-48(79)44(75)40(71)31(8)89-61)101-66-57(46(77)42(73)37(24-67)94-66)100-64-50(81)54(97-58(83)26(3)14-2)53(34(11)92-64)98-63-51(82)55(99-62-49(80)45(76)41(72)32(9)90-62)52(33(10)91-63)96-60(85)28(5)30(7)88-59(84)27(4)29(6)68/h26-38,40-57,61-69,71-82H,13-25H2,1-12H3/t26-,27+,28+,29+,30+,31-,32-,33+,34-,35-,36-,37+,38+,40-,41-,42+,43+,44+,45+,46-,47-,48+,49+,50+,51+,52+,53-,54-,55+,56+,57+,61+,62-,63-,64-,65+,66-/m0/s1. The van der Waals surface area contributed by atoms with Crippen LogP contribution in [0.3, 0.4) is 0 Å². The third kappa shape index (κ3) is 22.5. The largest absolute Gasteiger partial charge is 0.469 e. The minimum atomic E-state index is -2.17. The van der Waals surface area contributed by atoms with E-state index in [9.17, 15) is 95.8 Å². The van der Waals surface area contributed by atoms with Gasteiger partial charge in [0.05, 0.1) is 87.2 Å². The van der Waals surface area contributed by atoms with E-state index in [2.05, 4.69) is 4.74 Å². The second kappa shape index (κ2) is 40.1. The molecular formula is C66H114O35. The Kier molecular flexibility index (Phi) is 34.4. The summed E-state index contributed by atoms with van der Waals surface area (Å²) in [4.78, 5) is 52.2. The molecular weight excluding hydrogens is 1350 g/mol. The van der Waals surface area contributed by atoms with Gasteiger partial charge in [-0.05, 0) is 81.1 Å². The number of esters is 4. The van der Waals surface area contributed by atoms with Gasteiger partial charge < -0.3 is 152 Å². The number of rotatable bonds is 35. The zero-order chi connectivity index (χ0) is 75.2. The number of aliphatic hydroxyl groups is 15. The molecule has 0 spiro atoms. The van der Waals surface area contributed by atoms with E-state index < -0.39 is 263 Å². The van der Waals surface area contributed by atoms with Crippen LogP contribution in [0, 0.1) is 17.8 Å². The summed E-state index contributed by atoms with van der Waals surface area (Å²) in [7, 11) is 1.24. The van der Waals surface area contributed by atoms with Gasteiger partial charge in [0.2, 0.25) is 0 Å². The van der Waals surface area contributed by atoms with Gasteiger partial charge in [-0.1, -0.05) is 59.3 Å². The zero-order valence-corrected chi connectivity index (χ0v) is 59.4. The van der Waals surface area contributed by atoms with Gasteiger partial charge in [0, 0.05) is 0 Å². The first-order valence-corrected chi connectivity index (χ1v) is 35.2. The van der Waals surface area contributed by atoms with Crippen LogP contribution in [-0.2, 0) is 95.0 Å². The SMILES string of the molecule is CCC[C@@H](CCCCCCC[C@H](O)CC(=O)OC)O[C@@H]1O[C@H](CO[C@@H]2O[C@@H](C)[C@H](O)[C@@H](O)[C@H]2O)[C@@H](O)[C@H](O)[C@H]1O[C@@H]1O[C@H](CO)[C@@H](O)[C@H](O)[C@H]1O[C@@H]1O[C@@H](C)[C@H](O[C@@H]2O[C@H](C)[C@@H](OC(=O)[C@H](C)[C@@H](C)OC(=O)[C@H](C)[C@@H](C)O)[C@H](O[C@@H]3O[C@@H](C)[C@H](O)[C@@H](O)[C@H]3O)[C@H]2O)[C@@H](OC(=O)[C@@H](C)CC)[C@H]1O. The lowest BCUT2D eigenvalue weighted by atomic mass is 9.95. The van der Waals surface area contributed by atoms with Crippen molar-refractivity contribution >= 4 is 23.9 Å². The van der Waals surface area contributed by atoms with E-state index in [-0.39, 0.29) is 12.8 Å². The maximum atomic E-state index is 13.9. The Hall–Kier alpha value is -3.20. The van der Waals surface area contributed by atoms with Gasteiger partial charge in [-0.15, -0.1) is 0 Å². The molecule has 0 saturated carbocycles.